The molecule has 7 heteroatoms. The number of hydrogen-bond donors (Lipinski definition) is 3. The van der Waals surface area contributed by atoms with Crippen LogP contribution in [0.5, 0.6) is 0 Å². The van der Waals surface area contributed by atoms with Gasteiger partial charge in [-0.25, -0.2) is 4.39 Å². The second-order valence-electron chi connectivity index (χ2n) is 10.4. The van der Waals surface area contributed by atoms with Crippen molar-refractivity contribution < 1.29 is 14.0 Å². The molecule has 6 nitrogen and oxygen atoms in total. The van der Waals surface area contributed by atoms with Crippen LogP contribution in [0.4, 0.5) is 10.1 Å². The van der Waals surface area contributed by atoms with Crippen LogP contribution in [-0.2, 0) is 16.0 Å². The summed E-state index contributed by atoms with van der Waals surface area (Å²) in [5, 5.41) is 5.98. The van der Waals surface area contributed by atoms with E-state index in [0.717, 1.165) is 30.5 Å². The van der Waals surface area contributed by atoms with Crippen LogP contribution < -0.4 is 16.4 Å². The van der Waals surface area contributed by atoms with Gasteiger partial charge >= 0.3 is 0 Å². The summed E-state index contributed by atoms with van der Waals surface area (Å²) in [5.74, 6) is 0.586. The summed E-state index contributed by atoms with van der Waals surface area (Å²) in [6.07, 6.45) is 6.99. The van der Waals surface area contributed by atoms with Crippen molar-refractivity contribution in [2.75, 3.05) is 11.9 Å². The van der Waals surface area contributed by atoms with Crippen LogP contribution in [0.2, 0.25) is 0 Å². The van der Waals surface area contributed by atoms with Gasteiger partial charge in [-0.15, -0.1) is 0 Å². The molecular formula is C27H37FN4O2. The van der Waals surface area contributed by atoms with E-state index >= 15 is 0 Å². The molecule has 0 radical (unpaired) electrons. The van der Waals surface area contributed by atoms with E-state index in [2.05, 4.69) is 29.5 Å². The summed E-state index contributed by atoms with van der Waals surface area (Å²) in [6, 6.07) is 9.25. The highest BCUT2D eigenvalue weighted by atomic mass is 19.1. The van der Waals surface area contributed by atoms with Crippen molar-refractivity contribution in [3.8, 4) is 0 Å². The molecule has 1 saturated carbocycles. The monoisotopic (exact) mass is 468 g/mol. The Balaban J connectivity index is 1.63. The summed E-state index contributed by atoms with van der Waals surface area (Å²) in [6.45, 7) is 6.78. The Morgan fingerprint density at radius 1 is 1.15 bits per heavy atom. The van der Waals surface area contributed by atoms with Crippen LogP contribution in [0.25, 0.3) is 0 Å². The van der Waals surface area contributed by atoms with E-state index in [1.807, 2.05) is 6.92 Å². The molecule has 4 unspecified atom stereocenters. The molecule has 1 aromatic heterocycles. The Morgan fingerprint density at radius 2 is 1.82 bits per heavy atom. The van der Waals surface area contributed by atoms with Crippen molar-refractivity contribution in [3.63, 3.8) is 0 Å². The Bertz CT molecular complexity index is 951. The molecular weight excluding hydrogens is 431 g/mol. The third-order valence-electron chi connectivity index (χ3n) is 6.80. The van der Waals surface area contributed by atoms with Crippen molar-refractivity contribution in [1.29, 1.82) is 0 Å². The number of hydrogen-bond acceptors (Lipinski definition) is 4. The van der Waals surface area contributed by atoms with Gasteiger partial charge < -0.3 is 16.4 Å². The Labute approximate surface area is 201 Å². The first-order valence-electron chi connectivity index (χ1n) is 12.1. The molecule has 0 spiro atoms. The lowest BCUT2D eigenvalue weighted by Gasteiger charge is -2.43. The van der Waals surface area contributed by atoms with Crippen LogP contribution in [-0.4, -0.2) is 29.4 Å². The predicted octanol–water partition coefficient (Wildman–Crippen LogP) is 4.31. The number of carbonyl (C=O) groups is 2. The number of halogens is 1. The summed E-state index contributed by atoms with van der Waals surface area (Å²) in [7, 11) is 0. The fraction of sp³-hybridized carbons (Fsp3) is 0.519. The van der Waals surface area contributed by atoms with E-state index in [1.54, 1.807) is 36.7 Å². The molecule has 34 heavy (non-hydrogen) atoms. The van der Waals surface area contributed by atoms with Crippen LogP contribution in [0.3, 0.4) is 0 Å². The average molecular weight is 469 g/mol. The molecule has 2 amide bonds. The summed E-state index contributed by atoms with van der Waals surface area (Å²) in [5.41, 5.74) is 7.52. The summed E-state index contributed by atoms with van der Waals surface area (Å²) in [4.78, 5) is 29.7. The third kappa shape index (κ3) is 7.35. The zero-order chi connectivity index (χ0) is 24.7. The Hall–Kier alpha value is -2.80. The molecule has 3 rings (SSSR count). The predicted molar refractivity (Wildman–Crippen MR) is 132 cm³/mol. The fourth-order valence-electron chi connectivity index (χ4n) is 5.22. The standard InChI is InChI=1S/C27H37FN4O2/c1-18(2)12-20-13-21(16-27(3,15-20)26(34)32-23-8-10-30-11-9-23)24(29)17-31-25(33)14-19-4-6-22(28)7-5-19/h4-11,18,20-21,24H,12-17,29H2,1-3H3,(H,31,33)(H,30,32,34). The number of rotatable bonds is 9. The molecule has 1 aliphatic carbocycles. The SMILES string of the molecule is CC(C)CC1CC(C(N)CNC(=O)Cc2ccc(F)cc2)CC(C)(C(=O)Nc2ccncc2)C1. The lowest BCUT2D eigenvalue weighted by Crippen LogP contribution is -2.49. The van der Waals surface area contributed by atoms with Crippen molar-refractivity contribution in [1.82, 2.24) is 10.3 Å². The van der Waals surface area contributed by atoms with E-state index in [0.29, 0.717) is 24.8 Å². The molecule has 2 aromatic rings. The van der Waals surface area contributed by atoms with Gasteiger partial charge in [-0.2, -0.15) is 0 Å². The maximum Gasteiger partial charge on any atom is 0.230 e. The van der Waals surface area contributed by atoms with E-state index in [4.69, 9.17) is 5.73 Å². The smallest absolute Gasteiger partial charge is 0.230 e. The fourth-order valence-corrected chi connectivity index (χ4v) is 5.22. The zero-order valence-corrected chi connectivity index (χ0v) is 20.4. The zero-order valence-electron chi connectivity index (χ0n) is 20.4. The second-order valence-corrected chi connectivity index (χ2v) is 10.4. The number of nitrogens with one attached hydrogen (secondary N) is 2. The van der Waals surface area contributed by atoms with Gasteiger partial charge in [-0.1, -0.05) is 32.9 Å². The normalized spacial score (nSPS) is 23.4. The first-order chi connectivity index (χ1) is 16.1. The molecule has 1 heterocycles. The van der Waals surface area contributed by atoms with Crippen LogP contribution in [0.1, 0.15) is 52.0 Å². The molecule has 1 fully saturated rings. The van der Waals surface area contributed by atoms with Gasteiger partial charge in [0, 0.05) is 36.1 Å². The highest BCUT2D eigenvalue weighted by molar-refractivity contribution is 5.95. The first kappa shape index (κ1) is 25.8. The number of pyridine rings is 1. The number of aromatic nitrogens is 1. The van der Waals surface area contributed by atoms with Crippen molar-refractivity contribution >= 4 is 17.5 Å². The number of amides is 2. The third-order valence-corrected chi connectivity index (χ3v) is 6.80. The minimum Gasteiger partial charge on any atom is -0.354 e. The first-order valence-corrected chi connectivity index (χ1v) is 12.1. The topological polar surface area (TPSA) is 97.1 Å². The summed E-state index contributed by atoms with van der Waals surface area (Å²) < 4.78 is 13.1. The van der Waals surface area contributed by atoms with Gasteiger partial charge in [0.05, 0.1) is 6.42 Å². The second kappa shape index (κ2) is 11.6. The minimum absolute atomic E-state index is 0.00435. The number of nitrogens with zero attached hydrogens (tertiary/aromatic N) is 1. The quantitative estimate of drug-likeness (QED) is 0.511. The van der Waals surface area contributed by atoms with Gasteiger partial charge in [-0.05, 0) is 73.3 Å². The number of carbonyl (C=O) groups excluding carboxylic acids is 2. The molecule has 4 atom stereocenters. The number of nitrogens with two attached hydrogens (primary N) is 1. The lowest BCUT2D eigenvalue weighted by atomic mass is 9.63. The molecule has 0 saturated heterocycles. The number of anilines is 1. The van der Waals surface area contributed by atoms with Gasteiger partial charge in [0.1, 0.15) is 5.82 Å². The average Bonchev–Trinajstić information content (AvgIpc) is 2.79. The van der Waals surface area contributed by atoms with E-state index in [9.17, 15) is 14.0 Å². The highest BCUT2D eigenvalue weighted by Gasteiger charge is 2.44. The van der Waals surface area contributed by atoms with Gasteiger partial charge in [0.2, 0.25) is 11.8 Å². The van der Waals surface area contributed by atoms with Crippen molar-refractivity contribution in [2.24, 2.45) is 28.9 Å². The maximum atomic E-state index is 13.3. The molecule has 4 N–H and O–H groups in total. The molecule has 184 valence electrons. The van der Waals surface area contributed by atoms with Gasteiger partial charge in [0.25, 0.3) is 0 Å². The highest BCUT2D eigenvalue weighted by Crippen LogP contribution is 2.45. The van der Waals surface area contributed by atoms with E-state index in [1.165, 1.54) is 12.1 Å². The minimum atomic E-state index is -0.540. The van der Waals surface area contributed by atoms with Crippen molar-refractivity contribution in [3.05, 3.63) is 60.2 Å². The van der Waals surface area contributed by atoms with Gasteiger partial charge in [-0.3, -0.25) is 14.6 Å². The molecule has 1 aliphatic rings. The van der Waals surface area contributed by atoms with Crippen molar-refractivity contribution in [2.45, 2.75) is 58.9 Å². The van der Waals surface area contributed by atoms with E-state index in [-0.39, 0.29) is 36.0 Å². The Kier molecular flexibility index (Phi) is 8.78. The van der Waals surface area contributed by atoms with E-state index < -0.39 is 5.41 Å². The van der Waals surface area contributed by atoms with Gasteiger partial charge in [0.15, 0.2) is 0 Å². The Morgan fingerprint density at radius 3 is 2.47 bits per heavy atom. The maximum absolute atomic E-state index is 13.3. The largest absolute Gasteiger partial charge is 0.354 e. The molecule has 0 bridgehead atoms. The molecule has 1 aromatic carbocycles. The number of benzene rings is 1. The van der Waals surface area contributed by atoms with Crippen LogP contribution in [0, 0.1) is 29.0 Å². The van der Waals surface area contributed by atoms with Crippen LogP contribution >= 0.6 is 0 Å². The summed E-state index contributed by atoms with van der Waals surface area (Å²) >= 11 is 0. The lowest BCUT2D eigenvalue weighted by molar-refractivity contribution is -0.129. The molecule has 0 aliphatic heterocycles. The van der Waals surface area contributed by atoms with Crippen LogP contribution in [0.15, 0.2) is 48.8 Å².